The average Bonchev–Trinajstić information content (AvgIpc) is 3.18. The zero-order chi connectivity index (χ0) is 22.0. The maximum Gasteiger partial charge on any atom is 0.306 e. The molecule has 0 radical (unpaired) electrons. The molecule has 8 heteroatoms. The first kappa shape index (κ1) is 21.8. The van der Waals surface area contributed by atoms with Crippen LogP contribution in [-0.2, 0) is 4.79 Å². The predicted octanol–water partition coefficient (Wildman–Crippen LogP) is 5.37. The van der Waals surface area contributed by atoms with Crippen LogP contribution in [0.2, 0.25) is 5.02 Å². The van der Waals surface area contributed by atoms with Crippen molar-refractivity contribution >= 4 is 17.6 Å². The topological polar surface area (TPSA) is 98.3 Å². The average molecular weight is 430 g/mol. The Morgan fingerprint density at radius 3 is 2.60 bits per heavy atom. The van der Waals surface area contributed by atoms with Gasteiger partial charge in [0, 0.05) is 11.8 Å². The summed E-state index contributed by atoms with van der Waals surface area (Å²) in [6, 6.07) is 7.36. The Labute approximate surface area is 180 Å². The summed E-state index contributed by atoms with van der Waals surface area (Å²) < 4.78 is 11.0. The molecule has 0 bridgehead atoms. The van der Waals surface area contributed by atoms with Gasteiger partial charge >= 0.3 is 5.97 Å². The highest BCUT2D eigenvalue weighted by Crippen LogP contribution is 2.33. The SMILES string of the molecule is Cc1c(-c2noc(-c3cnc(OC(C)C)c(Cl)c3)n2)cccc1C(C)[C@@H](C)C(=O)O. The van der Waals surface area contributed by atoms with Gasteiger partial charge in [-0.3, -0.25) is 4.79 Å². The molecule has 0 amide bonds. The Balaban J connectivity index is 1.92. The van der Waals surface area contributed by atoms with Gasteiger partial charge in [0.2, 0.25) is 11.7 Å². The number of aliphatic carboxylic acids is 1. The van der Waals surface area contributed by atoms with Crippen LogP contribution in [0, 0.1) is 12.8 Å². The Morgan fingerprint density at radius 1 is 1.23 bits per heavy atom. The van der Waals surface area contributed by atoms with E-state index < -0.39 is 11.9 Å². The number of carboxylic acids is 1. The lowest BCUT2D eigenvalue weighted by molar-refractivity contribution is -0.141. The fourth-order valence-electron chi connectivity index (χ4n) is 3.17. The first-order valence-electron chi connectivity index (χ1n) is 9.68. The van der Waals surface area contributed by atoms with Crippen LogP contribution in [0.3, 0.4) is 0 Å². The monoisotopic (exact) mass is 429 g/mol. The van der Waals surface area contributed by atoms with Crippen molar-refractivity contribution in [3.05, 3.63) is 46.6 Å². The Morgan fingerprint density at radius 2 is 1.97 bits per heavy atom. The molecule has 0 saturated heterocycles. The van der Waals surface area contributed by atoms with E-state index in [1.165, 1.54) is 0 Å². The van der Waals surface area contributed by atoms with E-state index in [0.29, 0.717) is 22.3 Å². The van der Waals surface area contributed by atoms with Crippen LogP contribution in [0.5, 0.6) is 5.88 Å². The molecule has 0 spiro atoms. The van der Waals surface area contributed by atoms with Crippen LogP contribution in [0.25, 0.3) is 22.8 Å². The number of pyridine rings is 1. The predicted molar refractivity (Wildman–Crippen MR) is 114 cm³/mol. The highest BCUT2D eigenvalue weighted by atomic mass is 35.5. The molecule has 3 rings (SSSR count). The Hall–Kier alpha value is -2.93. The summed E-state index contributed by atoms with van der Waals surface area (Å²) >= 11 is 6.26. The summed E-state index contributed by atoms with van der Waals surface area (Å²) in [4.78, 5) is 20.1. The molecule has 2 aromatic heterocycles. The van der Waals surface area contributed by atoms with Crippen molar-refractivity contribution in [3.8, 4) is 28.7 Å². The van der Waals surface area contributed by atoms with Crippen LogP contribution >= 0.6 is 11.6 Å². The molecule has 158 valence electrons. The fraction of sp³-hybridized carbons (Fsp3) is 0.364. The van der Waals surface area contributed by atoms with Crippen molar-refractivity contribution < 1.29 is 19.2 Å². The van der Waals surface area contributed by atoms with Gasteiger partial charge in [-0.25, -0.2) is 4.98 Å². The number of benzene rings is 1. The third kappa shape index (κ3) is 4.46. The number of nitrogens with zero attached hydrogens (tertiary/aromatic N) is 3. The van der Waals surface area contributed by atoms with E-state index in [2.05, 4.69) is 15.1 Å². The summed E-state index contributed by atoms with van der Waals surface area (Å²) in [5.41, 5.74) is 3.22. The van der Waals surface area contributed by atoms with Crippen molar-refractivity contribution in [2.45, 2.75) is 46.6 Å². The third-order valence-electron chi connectivity index (χ3n) is 5.07. The van der Waals surface area contributed by atoms with Gasteiger partial charge in [0.05, 0.1) is 17.6 Å². The molecule has 1 aromatic carbocycles. The normalized spacial score (nSPS) is 13.3. The number of hydrogen-bond donors (Lipinski definition) is 1. The zero-order valence-electron chi connectivity index (χ0n) is 17.5. The highest BCUT2D eigenvalue weighted by molar-refractivity contribution is 6.32. The van der Waals surface area contributed by atoms with Gasteiger partial charge in [0.15, 0.2) is 0 Å². The number of rotatable bonds is 7. The number of halogens is 1. The fourth-order valence-corrected chi connectivity index (χ4v) is 3.39. The number of hydrogen-bond acceptors (Lipinski definition) is 6. The number of carbonyl (C=O) groups is 1. The van der Waals surface area contributed by atoms with Crippen LogP contribution in [-0.4, -0.2) is 32.3 Å². The van der Waals surface area contributed by atoms with Crippen molar-refractivity contribution in [1.82, 2.24) is 15.1 Å². The van der Waals surface area contributed by atoms with Crippen molar-refractivity contribution in [1.29, 1.82) is 0 Å². The molecule has 0 aliphatic carbocycles. The van der Waals surface area contributed by atoms with Crippen molar-refractivity contribution in [2.24, 2.45) is 5.92 Å². The molecule has 1 N–H and O–H groups in total. The maximum atomic E-state index is 11.4. The molecule has 7 nitrogen and oxygen atoms in total. The molecule has 1 unspecified atom stereocenters. The lowest BCUT2D eigenvalue weighted by Crippen LogP contribution is -2.17. The Kier molecular flexibility index (Phi) is 6.41. The van der Waals surface area contributed by atoms with Gasteiger partial charge in [0.1, 0.15) is 5.02 Å². The van der Waals surface area contributed by atoms with E-state index in [9.17, 15) is 9.90 Å². The summed E-state index contributed by atoms with van der Waals surface area (Å²) in [5, 5.41) is 13.8. The summed E-state index contributed by atoms with van der Waals surface area (Å²) in [6.45, 7) is 9.33. The minimum absolute atomic E-state index is 0.0441. The van der Waals surface area contributed by atoms with Crippen LogP contribution in [0.4, 0.5) is 0 Å². The number of ether oxygens (including phenoxy) is 1. The lowest BCUT2D eigenvalue weighted by Gasteiger charge is -2.19. The second-order valence-electron chi connectivity index (χ2n) is 7.54. The van der Waals surface area contributed by atoms with Gasteiger partial charge in [-0.15, -0.1) is 0 Å². The van der Waals surface area contributed by atoms with Crippen LogP contribution in [0.15, 0.2) is 35.0 Å². The molecule has 0 fully saturated rings. The summed E-state index contributed by atoms with van der Waals surface area (Å²) in [5.74, 6) is -0.459. The molecule has 30 heavy (non-hydrogen) atoms. The minimum Gasteiger partial charge on any atom is -0.481 e. The third-order valence-corrected chi connectivity index (χ3v) is 5.35. The summed E-state index contributed by atoms with van der Waals surface area (Å²) in [6.07, 6.45) is 1.53. The first-order valence-corrected chi connectivity index (χ1v) is 10.1. The molecular formula is C22H24ClN3O4. The molecule has 0 saturated carbocycles. The molecule has 0 aliphatic heterocycles. The lowest BCUT2D eigenvalue weighted by atomic mass is 9.85. The smallest absolute Gasteiger partial charge is 0.306 e. The summed E-state index contributed by atoms with van der Waals surface area (Å²) in [7, 11) is 0. The number of carboxylic acid groups (broad SMARTS) is 1. The van der Waals surface area contributed by atoms with Gasteiger partial charge in [-0.2, -0.15) is 4.98 Å². The van der Waals surface area contributed by atoms with Gasteiger partial charge < -0.3 is 14.4 Å². The first-order chi connectivity index (χ1) is 14.2. The van der Waals surface area contributed by atoms with Gasteiger partial charge in [-0.1, -0.05) is 48.8 Å². The Bertz CT molecular complexity index is 1060. The van der Waals surface area contributed by atoms with E-state index >= 15 is 0 Å². The second kappa shape index (κ2) is 8.83. The zero-order valence-corrected chi connectivity index (χ0v) is 18.3. The molecule has 3 aromatic rings. The van der Waals surface area contributed by atoms with E-state index in [1.807, 2.05) is 45.9 Å². The molecule has 0 aliphatic rings. The molecule has 2 atom stereocenters. The minimum atomic E-state index is -0.830. The van der Waals surface area contributed by atoms with Crippen LogP contribution in [0.1, 0.15) is 44.7 Å². The van der Waals surface area contributed by atoms with Crippen LogP contribution < -0.4 is 4.74 Å². The quantitative estimate of drug-likeness (QED) is 0.538. The van der Waals surface area contributed by atoms with E-state index in [1.54, 1.807) is 19.2 Å². The number of aromatic nitrogens is 3. The van der Waals surface area contributed by atoms with Gasteiger partial charge in [-0.05, 0) is 43.9 Å². The largest absolute Gasteiger partial charge is 0.481 e. The van der Waals surface area contributed by atoms with E-state index in [0.717, 1.165) is 16.7 Å². The van der Waals surface area contributed by atoms with Gasteiger partial charge in [0.25, 0.3) is 5.89 Å². The second-order valence-corrected chi connectivity index (χ2v) is 7.94. The van der Waals surface area contributed by atoms with Crippen molar-refractivity contribution in [2.75, 3.05) is 0 Å². The molecular weight excluding hydrogens is 406 g/mol. The van der Waals surface area contributed by atoms with E-state index in [-0.39, 0.29) is 17.9 Å². The molecule has 2 heterocycles. The van der Waals surface area contributed by atoms with E-state index in [4.69, 9.17) is 20.9 Å². The van der Waals surface area contributed by atoms with Crippen molar-refractivity contribution in [3.63, 3.8) is 0 Å². The standard InChI is InChI=1S/C22H24ClN3O4/c1-11(2)29-21-18(23)9-15(10-24-21)20-25-19(26-30-20)17-8-6-7-16(14(17)5)12(3)13(4)22(27)28/h6-13H,1-5H3,(H,27,28)/t12?,13-/m1/s1. The highest BCUT2D eigenvalue weighted by Gasteiger charge is 2.24. The maximum absolute atomic E-state index is 11.4.